The van der Waals surface area contributed by atoms with E-state index in [-0.39, 0.29) is 18.3 Å². The molecule has 0 spiro atoms. The molecular formula is C12H18ClN3O. The number of piperazine rings is 1. The zero-order chi connectivity index (χ0) is 11.4. The highest BCUT2D eigenvalue weighted by molar-refractivity contribution is 5.93. The molecule has 1 saturated heterocycles. The SMILES string of the molecule is CCN1CCN(C(=O)c2cccnc2)CC1.Cl. The van der Waals surface area contributed by atoms with E-state index in [0.29, 0.717) is 5.56 Å². The molecule has 4 nitrogen and oxygen atoms in total. The molecule has 2 heterocycles. The van der Waals surface area contributed by atoms with Crippen molar-refractivity contribution in [2.45, 2.75) is 6.92 Å². The summed E-state index contributed by atoms with van der Waals surface area (Å²) in [5.41, 5.74) is 0.687. The van der Waals surface area contributed by atoms with E-state index in [1.165, 1.54) is 0 Å². The maximum Gasteiger partial charge on any atom is 0.255 e. The minimum atomic E-state index is 0. The van der Waals surface area contributed by atoms with E-state index in [4.69, 9.17) is 0 Å². The molecular weight excluding hydrogens is 238 g/mol. The summed E-state index contributed by atoms with van der Waals surface area (Å²) in [5, 5.41) is 0. The molecule has 0 bridgehead atoms. The fraction of sp³-hybridized carbons (Fsp3) is 0.500. The topological polar surface area (TPSA) is 36.4 Å². The standard InChI is InChI=1S/C12H17N3O.ClH/c1-2-14-6-8-15(9-7-14)12(16)11-4-3-5-13-10-11;/h3-5,10H,2,6-9H2,1H3;1H. The van der Waals surface area contributed by atoms with Gasteiger partial charge in [0.2, 0.25) is 0 Å². The van der Waals surface area contributed by atoms with Crippen LogP contribution in [0.3, 0.4) is 0 Å². The lowest BCUT2D eigenvalue weighted by atomic mass is 10.2. The Labute approximate surface area is 108 Å². The Morgan fingerprint density at radius 3 is 2.59 bits per heavy atom. The Kier molecular flexibility index (Phi) is 5.38. The summed E-state index contributed by atoms with van der Waals surface area (Å²) in [4.78, 5) is 20.3. The Morgan fingerprint density at radius 2 is 2.06 bits per heavy atom. The molecule has 0 radical (unpaired) electrons. The summed E-state index contributed by atoms with van der Waals surface area (Å²) in [6.45, 7) is 6.81. The number of pyridine rings is 1. The quantitative estimate of drug-likeness (QED) is 0.799. The summed E-state index contributed by atoms with van der Waals surface area (Å²) in [5.74, 6) is 0.101. The normalized spacial score (nSPS) is 16.4. The summed E-state index contributed by atoms with van der Waals surface area (Å²) < 4.78 is 0. The summed E-state index contributed by atoms with van der Waals surface area (Å²) >= 11 is 0. The molecule has 1 aliphatic rings. The van der Waals surface area contributed by atoms with E-state index in [2.05, 4.69) is 16.8 Å². The van der Waals surface area contributed by atoms with Crippen LogP contribution in [0.5, 0.6) is 0 Å². The molecule has 1 fully saturated rings. The second-order valence-electron chi connectivity index (χ2n) is 3.97. The maximum absolute atomic E-state index is 12.1. The van der Waals surface area contributed by atoms with Crippen LogP contribution in [0.25, 0.3) is 0 Å². The molecule has 1 aromatic rings. The number of rotatable bonds is 2. The molecule has 5 heteroatoms. The first kappa shape index (κ1) is 13.9. The van der Waals surface area contributed by atoms with Gasteiger partial charge in [-0.15, -0.1) is 12.4 Å². The third-order valence-electron chi connectivity index (χ3n) is 3.02. The lowest BCUT2D eigenvalue weighted by molar-refractivity contribution is 0.0643. The first-order valence-corrected chi connectivity index (χ1v) is 5.73. The number of likely N-dealkylation sites (N-methyl/N-ethyl adjacent to an activating group) is 1. The number of aromatic nitrogens is 1. The number of hydrogen-bond acceptors (Lipinski definition) is 3. The number of carbonyl (C=O) groups excluding carboxylic acids is 1. The van der Waals surface area contributed by atoms with Gasteiger partial charge in [0.15, 0.2) is 0 Å². The second-order valence-corrected chi connectivity index (χ2v) is 3.97. The van der Waals surface area contributed by atoms with Gasteiger partial charge in [0.25, 0.3) is 5.91 Å². The minimum Gasteiger partial charge on any atom is -0.336 e. The van der Waals surface area contributed by atoms with Crippen molar-refractivity contribution in [2.24, 2.45) is 0 Å². The molecule has 0 N–H and O–H groups in total. The van der Waals surface area contributed by atoms with Crippen LogP contribution < -0.4 is 0 Å². The highest BCUT2D eigenvalue weighted by Gasteiger charge is 2.20. The van der Waals surface area contributed by atoms with Crippen molar-refractivity contribution in [1.82, 2.24) is 14.8 Å². The number of nitrogens with zero attached hydrogens (tertiary/aromatic N) is 3. The first-order valence-electron chi connectivity index (χ1n) is 5.73. The highest BCUT2D eigenvalue weighted by atomic mass is 35.5. The van der Waals surface area contributed by atoms with Crippen molar-refractivity contribution < 1.29 is 4.79 Å². The van der Waals surface area contributed by atoms with Crippen LogP contribution in [-0.2, 0) is 0 Å². The molecule has 17 heavy (non-hydrogen) atoms. The summed E-state index contributed by atoms with van der Waals surface area (Å²) in [6, 6.07) is 3.62. The van der Waals surface area contributed by atoms with E-state index >= 15 is 0 Å². The van der Waals surface area contributed by atoms with Crippen LogP contribution in [0.1, 0.15) is 17.3 Å². The zero-order valence-corrected chi connectivity index (χ0v) is 10.8. The largest absolute Gasteiger partial charge is 0.336 e. The van der Waals surface area contributed by atoms with Crippen LogP contribution in [0.15, 0.2) is 24.5 Å². The molecule has 1 amide bonds. The summed E-state index contributed by atoms with van der Waals surface area (Å²) in [7, 11) is 0. The van der Waals surface area contributed by atoms with Gasteiger partial charge < -0.3 is 9.80 Å². The average molecular weight is 256 g/mol. The third kappa shape index (κ3) is 3.41. The average Bonchev–Trinajstić information content (AvgIpc) is 2.39. The predicted octanol–water partition coefficient (Wildman–Crippen LogP) is 1.28. The van der Waals surface area contributed by atoms with E-state index < -0.39 is 0 Å². The van der Waals surface area contributed by atoms with Gasteiger partial charge in [0, 0.05) is 38.6 Å². The van der Waals surface area contributed by atoms with Crippen molar-refractivity contribution in [2.75, 3.05) is 32.7 Å². The van der Waals surface area contributed by atoms with Crippen LogP contribution in [-0.4, -0.2) is 53.4 Å². The van der Waals surface area contributed by atoms with Gasteiger partial charge in [-0.3, -0.25) is 9.78 Å². The van der Waals surface area contributed by atoms with Crippen LogP contribution in [0, 0.1) is 0 Å². The Balaban J connectivity index is 0.00000144. The zero-order valence-electron chi connectivity index (χ0n) is 10.0. The number of amides is 1. The lowest BCUT2D eigenvalue weighted by Crippen LogP contribution is -2.48. The van der Waals surface area contributed by atoms with Gasteiger partial charge in [-0.25, -0.2) is 0 Å². The monoisotopic (exact) mass is 255 g/mol. The van der Waals surface area contributed by atoms with E-state index in [9.17, 15) is 4.79 Å². The predicted molar refractivity (Wildman–Crippen MR) is 69.5 cm³/mol. The third-order valence-corrected chi connectivity index (χ3v) is 3.02. The van der Waals surface area contributed by atoms with Gasteiger partial charge in [-0.05, 0) is 18.7 Å². The van der Waals surface area contributed by atoms with E-state index in [1.54, 1.807) is 18.5 Å². The van der Waals surface area contributed by atoms with Gasteiger partial charge >= 0.3 is 0 Å². The van der Waals surface area contributed by atoms with Crippen molar-refractivity contribution in [1.29, 1.82) is 0 Å². The van der Waals surface area contributed by atoms with Gasteiger partial charge in [0.05, 0.1) is 5.56 Å². The van der Waals surface area contributed by atoms with Crippen LogP contribution in [0.4, 0.5) is 0 Å². The van der Waals surface area contributed by atoms with Crippen molar-refractivity contribution in [3.8, 4) is 0 Å². The number of halogens is 1. The molecule has 0 aromatic carbocycles. The van der Waals surface area contributed by atoms with Gasteiger partial charge in [-0.2, -0.15) is 0 Å². The van der Waals surface area contributed by atoms with Gasteiger partial charge in [0.1, 0.15) is 0 Å². The number of carbonyl (C=O) groups is 1. The van der Waals surface area contributed by atoms with E-state index in [1.807, 2.05) is 11.0 Å². The Hall–Kier alpha value is -1.13. The van der Waals surface area contributed by atoms with Crippen molar-refractivity contribution in [3.05, 3.63) is 30.1 Å². The van der Waals surface area contributed by atoms with Crippen molar-refractivity contribution in [3.63, 3.8) is 0 Å². The molecule has 1 aliphatic heterocycles. The molecule has 1 aromatic heterocycles. The lowest BCUT2D eigenvalue weighted by Gasteiger charge is -2.34. The van der Waals surface area contributed by atoms with E-state index in [0.717, 1.165) is 32.7 Å². The molecule has 94 valence electrons. The fourth-order valence-electron chi connectivity index (χ4n) is 1.94. The van der Waals surface area contributed by atoms with Crippen LogP contribution >= 0.6 is 12.4 Å². The molecule has 0 unspecified atom stereocenters. The summed E-state index contributed by atoms with van der Waals surface area (Å²) in [6.07, 6.45) is 3.32. The van der Waals surface area contributed by atoms with Crippen molar-refractivity contribution >= 4 is 18.3 Å². The maximum atomic E-state index is 12.1. The Bertz CT molecular complexity index is 350. The Morgan fingerprint density at radius 1 is 1.35 bits per heavy atom. The highest BCUT2D eigenvalue weighted by Crippen LogP contribution is 2.07. The molecule has 2 rings (SSSR count). The fourth-order valence-corrected chi connectivity index (χ4v) is 1.94. The molecule has 0 saturated carbocycles. The first-order chi connectivity index (χ1) is 7.81. The van der Waals surface area contributed by atoms with Gasteiger partial charge in [-0.1, -0.05) is 6.92 Å². The molecule has 0 aliphatic carbocycles. The second kappa shape index (κ2) is 6.57. The minimum absolute atomic E-state index is 0. The smallest absolute Gasteiger partial charge is 0.255 e. The molecule has 0 atom stereocenters. The number of hydrogen-bond donors (Lipinski definition) is 0. The van der Waals surface area contributed by atoms with Crippen LogP contribution in [0.2, 0.25) is 0 Å².